The zero-order valence-corrected chi connectivity index (χ0v) is 11.5. The van der Waals surface area contributed by atoms with Crippen LogP contribution in [0.15, 0.2) is 24.3 Å². The molecule has 1 rings (SSSR count). The highest BCUT2D eigenvalue weighted by molar-refractivity contribution is 5.22. The molecule has 0 heterocycles. The number of nitrogens with one attached hydrogen (secondary N) is 1. The van der Waals surface area contributed by atoms with Gasteiger partial charge in [0.2, 0.25) is 0 Å². The van der Waals surface area contributed by atoms with Crippen molar-refractivity contribution in [2.45, 2.75) is 46.9 Å². The van der Waals surface area contributed by atoms with Crippen molar-refractivity contribution in [3.8, 4) is 0 Å². The van der Waals surface area contributed by atoms with Gasteiger partial charge in [-0.2, -0.15) is 0 Å². The minimum atomic E-state index is 0.524. The third kappa shape index (κ3) is 6.44. The van der Waals surface area contributed by atoms with E-state index < -0.39 is 0 Å². The van der Waals surface area contributed by atoms with E-state index in [1.165, 1.54) is 11.1 Å². The quantitative estimate of drug-likeness (QED) is 0.782. The first-order valence-electron chi connectivity index (χ1n) is 6.47. The van der Waals surface area contributed by atoms with Gasteiger partial charge in [0.15, 0.2) is 0 Å². The molecule has 2 nitrogen and oxygen atoms in total. The number of hydrogen-bond donors (Lipinski definition) is 1. The van der Waals surface area contributed by atoms with Crippen molar-refractivity contribution in [2.75, 3.05) is 6.61 Å². The molecule has 0 aliphatic carbocycles. The van der Waals surface area contributed by atoms with Crippen LogP contribution in [-0.2, 0) is 17.9 Å². The topological polar surface area (TPSA) is 21.3 Å². The standard InChI is InChI=1S/C15H25NO/c1-12(2)10-17-11-15-7-5-6-14(8-15)9-16-13(3)4/h5-8,12-13,16H,9-11H2,1-4H3. The Morgan fingerprint density at radius 1 is 1.12 bits per heavy atom. The molecule has 0 spiro atoms. The predicted octanol–water partition coefficient (Wildman–Crippen LogP) is 3.36. The Morgan fingerprint density at radius 2 is 1.82 bits per heavy atom. The molecule has 2 heteroatoms. The normalized spacial score (nSPS) is 11.4. The highest BCUT2D eigenvalue weighted by atomic mass is 16.5. The van der Waals surface area contributed by atoms with Crippen LogP contribution >= 0.6 is 0 Å². The maximum Gasteiger partial charge on any atom is 0.0717 e. The molecule has 1 aromatic rings. The van der Waals surface area contributed by atoms with Crippen LogP contribution in [0.5, 0.6) is 0 Å². The average Bonchev–Trinajstić information content (AvgIpc) is 2.26. The monoisotopic (exact) mass is 235 g/mol. The molecule has 0 saturated heterocycles. The molecule has 0 unspecified atom stereocenters. The minimum absolute atomic E-state index is 0.524. The summed E-state index contributed by atoms with van der Waals surface area (Å²) in [6, 6.07) is 9.12. The highest BCUT2D eigenvalue weighted by Gasteiger charge is 1.99. The van der Waals surface area contributed by atoms with E-state index in [4.69, 9.17) is 4.74 Å². The molecule has 0 atom stereocenters. The first-order valence-corrected chi connectivity index (χ1v) is 6.47. The third-order valence-electron chi connectivity index (χ3n) is 2.43. The fraction of sp³-hybridized carbons (Fsp3) is 0.600. The highest BCUT2D eigenvalue weighted by Crippen LogP contribution is 2.07. The van der Waals surface area contributed by atoms with E-state index >= 15 is 0 Å². The molecule has 0 bridgehead atoms. The van der Waals surface area contributed by atoms with Crippen molar-refractivity contribution in [2.24, 2.45) is 5.92 Å². The molecule has 0 saturated carbocycles. The van der Waals surface area contributed by atoms with Crippen molar-refractivity contribution >= 4 is 0 Å². The van der Waals surface area contributed by atoms with Gasteiger partial charge in [0, 0.05) is 19.2 Å². The first-order chi connectivity index (χ1) is 8.08. The van der Waals surface area contributed by atoms with Gasteiger partial charge in [0.05, 0.1) is 6.61 Å². The van der Waals surface area contributed by atoms with Crippen LogP contribution in [0.3, 0.4) is 0 Å². The zero-order valence-electron chi connectivity index (χ0n) is 11.5. The van der Waals surface area contributed by atoms with Gasteiger partial charge in [-0.05, 0) is 17.0 Å². The molecule has 0 aromatic heterocycles. The van der Waals surface area contributed by atoms with Crippen LogP contribution in [0.1, 0.15) is 38.8 Å². The second-order valence-corrected chi connectivity index (χ2v) is 5.26. The summed E-state index contributed by atoms with van der Waals surface area (Å²) in [5.74, 6) is 0.598. The minimum Gasteiger partial charge on any atom is -0.377 e. The SMILES string of the molecule is CC(C)COCc1cccc(CNC(C)C)c1. The van der Waals surface area contributed by atoms with E-state index in [9.17, 15) is 0 Å². The summed E-state index contributed by atoms with van der Waals surface area (Å²) < 4.78 is 5.64. The van der Waals surface area contributed by atoms with Crippen molar-refractivity contribution in [3.63, 3.8) is 0 Å². The number of ether oxygens (including phenoxy) is 1. The van der Waals surface area contributed by atoms with Crippen molar-refractivity contribution < 1.29 is 4.74 Å². The summed E-state index contributed by atoms with van der Waals surface area (Å²) in [7, 11) is 0. The van der Waals surface area contributed by atoms with Crippen LogP contribution in [-0.4, -0.2) is 12.6 Å². The summed E-state index contributed by atoms with van der Waals surface area (Å²) in [4.78, 5) is 0. The molecule has 96 valence electrons. The van der Waals surface area contributed by atoms with E-state index in [1.807, 2.05) is 0 Å². The fourth-order valence-corrected chi connectivity index (χ4v) is 1.56. The van der Waals surface area contributed by atoms with Gasteiger partial charge in [-0.15, -0.1) is 0 Å². The maximum absolute atomic E-state index is 5.64. The van der Waals surface area contributed by atoms with Gasteiger partial charge < -0.3 is 10.1 Å². The Bertz CT molecular complexity index is 320. The lowest BCUT2D eigenvalue weighted by molar-refractivity contribution is 0.0970. The Kier molecular flexibility index (Phi) is 6.23. The number of hydrogen-bond acceptors (Lipinski definition) is 2. The lowest BCUT2D eigenvalue weighted by Crippen LogP contribution is -2.21. The van der Waals surface area contributed by atoms with Gasteiger partial charge in [-0.3, -0.25) is 0 Å². The average molecular weight is 235 g/mol. The van der Waals surface area contributed by atoms with Crippen molar-refractivity contribution in [1.29, 1.82) is 0 Å². The van der Waals surface area contributed by atoms with Crippen LogP contribution in [0, 0.1) is 5.92 Å². The number of rotatable bonds is 7. The van der Waals surface area contributed by atoms with Crippen LogP contribution in [0.4, 0.5) is 0 Å². The molecule has 0 radical (unpaired) electrons. The molecule has 0 fully saturated rings. The Hall–Kier alpha value is -0.860. The Morgan fingerprint density at radius 3 is 2.47 bits per heavy atom. The van der Waals surface area contributed by atoms with E-state index in [0.717, 1.165) is 13.2 Å². The third-order valence-corrected chi connectivity index (χ3v) is 2.43. The second kappa shape index (κ2) is 7.46. The second-order valence-electron chi connectivity index (χ2n) is 5.26. The fourth-order valence-electron chi connectivity index (χ4n) is 1.56. The molecular weight excluding hydrogens is 210 g/mol. The van der Waals surface area contributed by atoms with Gasteiger partial charge in [0.1, 0.15) is 0 Å². The van der Waals surface area contributed by atoms with E-state index in [1.54, 1.807) is 0 Å². The Labute approximate surface area is 105 Å². The van der Waals surface area contributed by atoms with Crippen LogP contribution < -0.4 is 5.32 Å². The molecule has 0 amide bonds. The summed E-state index contributed by atoms with van der Waals surface area (Å²) in [5, 5.41) is 3.42. The molecule has 0 aliphatic rings. The summed E-state index contributed by atoms with van der Waals surface area (Å²) in [6.45, 7) is 11.1. The lowest BCUT2D eigenvalue weighted by Gasteiger charge is -2.10. The van der Waals surface area contributed by atoms with Crippen LogP contribution in [0.25, 0.3) is 0 Å². The van der Waals surface area contributed by atoms with Crippen LogP contribution in [0.2, 0.25) is 0 Å². The predicted molar refractivity (Wildman–Crippen MR) is 72.9 cm³/mol. The molecular formula is C15H25NO. The van der Waals surface area contributed by atoms with Gasteiger partial charge in [-0.25, -0.2) is 0 Å². The van der Waals surface area contributed by atoms with Crippen molar-refractivity contribution in [3.05, 3.63) is 35.4 Å². The maximum atomic E-state index is 5.64. The van der Waals surface area contributed by atoms with Crippen molar-refractivity contribution in [1.82, 2.24) is 5.32 Å². The number of benzene rings is 1. The summed E-state index contributed by atoms with van der Waals surface area (Å²) in [6.07, 6.45) is 0. The summed E-state index contributed by atoms with van der Waals surface area (Å²) >= 11 is 0. The first kappa shape index (κ1) is 14.2. The van der Waals surface area contributed by atoms with E-state index in [-0.39, 0.29) is 0 Å². The van der Waals surface area contributed by atoms with Gasteiger partial charge >= 0.3 is 0 Å². The van der Waals surface area contributed by atoms with E-state index in [2.05, 4.69) is 57.3 Å². The van der Waals surface area contributed by atoms with Gasteiger partial charge in [0.25, 0.3) is 0 Å². The smallest absolute Gasteiger partial charge is 0.0717 e. The Balaban J connectivity index is 2.42. The molecule has 17 heavy (non-hydrogen) atoms. The lowest BCUT2D eigenvalue weighted by atomic mass is 10.1. The summed E-state index contributed by atoms with van der Waals surface area (Å²) in [5.41, 5.74) is 2.58. The molecule has 1 N–H and O–H groups in total. The largest absolute Gasteiger partial charge is 0.377 e. The van der Waals surface area contributed by atoms with E-state index in [0.29, 0.717) is 18.6 Å². The molecule has 1 aromatic carbocycles. The molecule has 0 aliphatic heterocycles. The van der Waals surface area contributed by atoms with Gasteiger partial charge in [-0.1, -0.05) is 52.0 Å². The zero-order chi connectivity index (χ0) is 12.7.